The minimum absolute atomic E-state index is 0.00360. The van der Waals surface area contributed by atoms with Crippen molar-refractivity contribution in [3.8, 4) is 0 Å². The Morgan fingerprint density at radius 2 is 2.16 bits per heavy atom. The number of fused-ring (bicyclic) bond motifs is 1. The van der Waals surface area contributed by atoms with Crippen molar-refractivity contribution in [3.63, 3.8) is 0 Å². The Balaban J connectivity index is 1.59. The summed E-state index contributed by atoms with van der Waals surface area (Å²) in [7, 11) is 0. The lowest BCUT2D eigenvalue weighted by Gasteiger charge is -2.06. The van der Waals surface area contributed by atoms with Crippen molar-refractivity contribution in [3.05, 3.63) is 29.3 Å². The lowest BCUT2D eigenvalue weighted by Crippen LogP contribution is -2.24. The molecule has 2 rings (SSSR count). The lowest BCUT2D eigenvalue weighted by molar-refractivity contribution is -0.119. The topological polar surface area (TPSA) is 38.3 Å². The van der Waals surface area contributed by atoms with E-state index in [2.05, 4.69) is 23.5 Å². The molecule has 3 nitrogen and oxygen atoms in total. The van der Waals surface area contributed by atoms with Crippen molar-refractivity contribution in [2.75, 3.05) is 25.5 Å². The van der Waals surface area contributed by atoms with Gasteiger partial charge in [0, 0.05) is 24.1 Å². The number of amides is 1. The highest BCUT2D eigenvalue weighted by atomic mass is 32.2. The number of benzene rings is 1. The first-order valence-corrected chi connectivity index (χ1v) is 7.81. The monoisotopic (exact) mass is 279 g/mol. The van der Waals surface area contributed by atoms with Gasteiger partial charge in [0.1, 0.15) is 0 Å². The van der Waals surface area contributed by atoms with Crippen LogP contribution < -0.4 is 5.32 Å². The Kier molecular flexibility index (Phi) is 5.73. The fourth-order valence-electron chi connectivity index (χ4n) is 2.26. The van der Waals surface area contributed by atoms with E-state index >= 15 is 0 Å². The van der Waals surface area contributed by atoms with Crippen LogP contribution in [0.4, 0.5) is 0 Å². The largest absolute Gasteiger partial charge is 0.379 e. The Morgan fingerprint density at radius 1 is 1.32 bits per heavy atom. The average Bonchev–Trinajstić information content (AvgIpc) is 2.84. The van der Waals surface area contributed by atoms with Crippen molar-refractivity contribution >= 4 is 17.7 Å². The summed E-state index contributed by atoms with van der Waals surface area (Å²) >= 11 is 1.84. The predicted octanol–water partition coefficient (Wildman–Crippen LogP) is 2.42. The lowest BCUT2D eigenvalue weighted by atomic mass is 10.1. The molecular formula is C15H21NO2S. The molecule has 0 aromatic heterocycles. The van der Waals surface area contributed by atoms with Crippen LogP contribution in [0.15, 0.2) is 23.1 Å². The number of thioether (sulfide) groups is 1. The van der Waals surface area contributed by atoms with E-state index in [4.69, 9.17) is 4.74 Å². The zero-order valence-corrected chi connectivity index (χ0v) is 12.2. The van der Waals surface area contributed by atoms with Crippen LogP contribution in [0.2, 0.25) is 0 Å². The van der Waals surface area contributed by atoms with E-state index in [1.165, 1.54) is 42.2 Å². The van der Waals surface area contributed by atoms with Gasteiger partial charge in [-0.25, -0.2) is 0 Å². The van der Waals surface area contributed by atoms with Gasteiger partial charge in [0.05, 0.1) is 13.2 Å². The SMILES string of the molecule is CC(=O)NCCOCCSc1ccc2c(c1)CCC2. The Labute approximate surface area is 119 Å². The molecule has 0 aliphatic heterocycles. The third-order valence-electron chi connectivity index (χ3n) is 3.19. The third-order valence-corrected chi connectivity index (χ3v) is 4.14. The smallest absolute Gasteiger partial charge is 0.216 e. The standard InChI is InChI=1S/C15H21NO2S/c1-12(17)16-7-8-18-9-10-19-15-6-5-13-3-2-4-14(13)11-15/h5-6,11H,2-4,7-10H2,1H3,(H,16,17). The van der Waals surface area contributed by atoms with Crippen LogP contribution in [0, 0.1) is 0 Å². The molecule has 4 heteroatoms. The summed E-state index contributed by atoms with van der Waals surface area (Å²) in [4.78, 5) is 12.0. The Hall–Kier alpha value is -1.00. The highest BCUT2D eigenvalue weighted by molar-refractivity contribution is 7.99. The van der Waals surface area contributed by atoms with Crippen molar-refractivity contribution in [2.45, 2.75) is 31.1 Å². The van der Waals surface area contributed by atoms with Crippen molar-refractivity contribution in [1.82, 2.24) is 5.32 Å². The zero-order chi connectivity index (χ0) is 13.5. The predicted molar refractivity (Wildman–Crippen MR) is 78.7 cm³/mol. The van der Waals surface area contributed by atoms with Gasteiger partial charge in [0.2, 0.25) is 5.91 Å². The summed E-state index contributed by atoms with van der Waals surface area (Å²) in [6, 6.07) is 6.80. The molecule has 1 amide bonds. The molecule has 0 atom stereocenters. The molecule has 1 aliphatic carbocycles. The maximum Gasteiger partial charge on any atom is 0.216 e. The van der Waals surface area contributed by atoms with Gasteiger partial charge in [0.25, 0.3) is 0 Å². The van der Waals surface area contributed by atoms with Crippen molar-refractivity contribution in [1.29, 1.82) is 0 Å². The second kappa shape index (κ2) is 7.56. The molecule has 1 aromatic carbocycles. The second-order valence-corrected chi connectivity index (χ2v) is 5.90. The number of hydrogen-bond acceptors (Lipinski definition) is 3. The van der Waals surface area contributed by atoms with E-state index in [9.17, 15) is 4.79 Å². The van der Waals surface area contributed by atoms with E-state index in [1.54, 1.807) is 0 Å². The first kappa shape index (κ1) is 14.4. The Bertz CT molecular complexity index is 434. The number of rotatable bonds is 7. The molecule has 0 heterocycles. The summed E-state index contributed by atoms with van der Waals surface area (Å²) in [5.74, 6) is 0.954. The number of aryl methyl sites for hydroxylation is 2. The fraction of sp³-hybridized carbons (Fsp3) is 0.533. The third kappa shape index (κ3) is 4.88. The molecule has 1 N–H and O–H groups in total. The van der Waals surface area contributed by atoms with E-state index in [-0.39, 0.29) is 5.91 Å². The molecule has 0 saturated carbocycles. The van der Waals surface area contributed by atoms with Gasteiger partial charge < -0.3 is 10.1 Å². The van der Waals surface area contributed by atoms with Gasteiger partial charge in [-0.05, 0) is 42.5 Å². The molecule has 0 saturated heterocycles. The highest BCUT2D eigenvalue weighted by Crippen LogP contribution is 2.27. The quantitative estimate of drug-likeness (QED) is 0.615. The fourth-order valence-corrected chi connectivity index (χ4v) is 3.08. The minimum Gasteiger partial charge on any atom is -0.379 e. The van der Waals surface area contributed by atoms with Gasteiger partial charge in [-0.3, -0.25) is 4.79 Å². The van der Waals surface area contributed by atoms with Crippen molar-refractivity contribution < 1.29 is 9.53 Å². The number of nitrogens with one attached hydrogen (secondary N) is 1. The number of carbonyl (C=O) groups excluding carboxylic acids is 1. The molecule has 0 fully saturated rings. The van der Waals surface area contributed by atoms with Gasteiger partial charge in [-0.1, -0.05) is 6.07 Å². The maximum atomic E-state index is 10.6. The first-order valence-electron chi connectivity index (χ1n) is 6.82. The van der Waals surface area contributed by atoms with Gasteiger partial charge >= 0.3 is 0 Å². The molecule has 0 radical (unpaired) electrons. The van der Waals surface area contributed by atoms with Gasteiger partial charge in [-0.2, -0.15) is 0 Å². The Morgan fingerprint density at radius 3 is 3.00 bits per heavy atom. The van der Waals surface area contributed by atoms with Gasteiger partial charge in [-0.15, -0.1) is 11.8 Å². The molecule has 0 bridgehead atoms. The molecule has 19 heavy (non-hydrogen) atoms. The molecule has 104 valence electrons. The van der Waals surface area contributed by atoms with Crippen LogP contribution >= 0.6 is 11.8 Å². The molecule has 1 aromatic rings. The zero-order valence-electron chi connectivity index (χ0n) is 11.4. The molecular weight excluding hydrogens is 258 g/mol. The van der Waals surface area contributed by atoms with Crippen LogP contribution in [0.5, 0.6) is 0 Å². The van der Waals surface area contributed by atoms with E-state index < -0.39 is 0 Å². The van der Waals surface area contributed by atoms with Gasteiger partial charge in [0.15, 0.2) is 0 Å². The van der Waals surface area contributed by atoms with E-state index in [1.807, 2.05) is 11.8 Å². The van der Waals surface area contributed by atoms with E-state index in [0.717, 1.165) is 12.4 Å². The van der Waals surface area contributed by atoms with Crippen LogP contribution in [-0.2, 0) is 22.4 Å². The summed E-state index contributed by atoms with van der Waals surface area (Å²) in [5.41, 5.74) is 3.05. The highest BCUT2D eigenvalue weighted by Gasteiger charge is 2.10. The normalized spacial score (nSPS) is 13.3. The summed E-state index contributed by atoms with van der Waals surface area (Å²) in [6.07, 6.45) is 3.78. The molecule has 0 spiro atoms. The number of hydrogen-bond donors (Lipinski definition) is 1. The van der Waals surface area contributed by atoms with Crippen molar-refractivity contribution in [2.24, 2.45) is 0 Å². The number of ether oxygens (including phenoxy) is 1. The summed E-state index contributed by atoms with van der Waals surface area (Å²) < 4.78 is 5.46. The average molecular weight is 279 g/mol. The van der Waals surface area contributed by atoms with Crippen LogP contribution in [0.3, 0.4) is 0 Å². The first-order chi connectivity index (χ1) is 9.25. The minimum atomic E-state index is -0.00360. The molecule has 0 unspecified atom stereocenters. The maximum absolute atomic E-state index is 10.6. The summed E-state index contributed by atoms with van der Waals surface area (Å²) in [5, 5.41) is 2.71. The summed E-state index contributed by atoms with van der Waals surface area (Å²) in [6.45, 7) is 3.42. The van der Waals surface area contributed by atoms with Crippen LogP contribution in [-0.4, -0.2) is 31.4 Å². The van der Waals surface area contributed by atoms with Crippen LogP contribution in [0.1, 0.15) is 24.5 Å². The van der Waals surface area contributed by atoms with E-state index in [0.29, 0.717) is 13.2 Å². The molecule has 1 aliphatic rings. The second-order valence-electron chi connectivity index (χ2n) is 4.73. The number of carbonyl (C=O) groups is 1. The van der Waals surface area contributed by atoms with Crippen LogP contribution in [0.25, 0.3) is 0 Å².